The number of methoxy groups -OCH3 is 1. The summed E-state index contributed by atoms with van der Waals surface area (Å²) >= 11 is 2.06. The van der Waals surface area contributed by atoms with E-state index in [1.807, 2.05) is 62.4 Å². The van der Waals surface area contributed by atoms with E-state index in [9.17, 15) is 14.4 Å². The monoisotopic (exact) mass is 614 g/mol. The van der Waals surface area contributed by atoms with Crippen LogP contribution in [0.3, 0.4) is 0 Å². The fourth-order valence-electron chi connectivity index (χ4n) is 3.18. The van der Waals surface area contributed by atoms with E-state index in [1.54, 1.807) is 12.1 Å². The number of ether oxygens (including phenoxy) is 2. The summed E-state index contributed by atoms with van der Waals surface area (Å²) in [7, 11) is 1.48. The number of rotatable bonds is 9. The zero-order chi connectivity index (χ0) is 26.8. The second kappa shape index (κ2) is 13.4. The third-order valence-corrected chi connectivity index (χ3v) is 6.07. The average molecular weight is 614 g/mol. The van der Waals surface area contributed by atoms with Gasteiger partial charge in [-0.3, -0.25) is 14.4 Å². The molecule has 0 heterocycles. The minimum Gasteiger partial charge on any atom is -0.493 e. The molecule has 9 nitrogen and oxygen atoms in total. The first-order chi connectivity index (χ1) is 17.8. The minimum atomic E-state index is -0.886. The molecule has 0 spiro atoms. The van der Waals surface area contributed by atoms with Crippen molar-refractivity contribution in [2.24, 2.45) is 5.10 Å². The maximum atomic E-state index is 12.4. The van der Waals surface area contributed by atoms with Gasteiger partial charge in [0.15, 0.2) is 18.1 Å². The van der Waals surface area contributed by atoms with E-state index >= 15 is 0 Å². The van der Waals surface area contributed by atoms with Gasteiger partial charge in [0.25, 0.3) is 5.91 Å². The molecule has 0 unspecified atom stereocenters. The molecular formula is C27H27IN4O5. The van der Waals surface area contributed by atoms with Crippen molar-refractivity contribution in [3.05, 3.63) is 86.5 Å². The number of nitrogens with one attached hydrogen (secondary N) is 3. The van der Waals surface area contributed by atoms with E-state index in [-0.39, 0.29) is 19.1 Å². The Morgan fingerprint density at radius 3 is 2.43 bits per heavy atom. The van der Waals surface area contributed by atoms with Crippen molar-refractivity contribution >= 4 is 52.2 Å². The normalized spacial score (nSPS) is 10.6. The number of carbonyl (C=O) groups is 3. The number of benzene rings is 3. The summed E-state index contributed by atoms with van der Waals surface area (Å²) in [6.45, 7) is 4.01. The van der Waals surface area contributed by atoms with Crippen LogP contribution >= 0.6 is 22.6 Å². The highest BCUT2D eigenvalue weighted by molar-refractivity contribution is 14.1. The molecular weight excluding hydrogens is 587 g/mol. The van der Waals surface area contributed by atoms with E-state index < -0.39 is 11.8 Å². The van der Waals surface area contributed by atoms with Gasteiger partial charge >= 0.3 is 11.8 Å². The van der Waals surface area contributed by atoms with Crippen molar-refractivity contribution < 1.29 is 23.9 Å². The molecule has 0 saturated carbocycles. The molecule has 0 aliphatic carbocycles. The number of nitrogens with zero attached hydrogens (tertiary/aromatic N) is 1. The highest BCUT2D eigenvalue weighted by atomic mass is 127. The van der Waals surface area contributed by atoms with Gasteiger partial charge in [-0.05, 0) is 83.0 Å². The quantitative estimate of drug-likeness (QED) is 0.147. The molecule has 0 bridgehead atoms. The van der Waals surface area contributed by atoms with E-state index in [2.05, 4.69) is 43.8 Å². The van der Waals surface area contributed by atoms with Crippen LogP contribution in [0.25, 0.3) is 0 Å². The van der Waals surface area contributed by atoms with Crippen molar-refractivity contribution in [2.75, 3.05) is 19.0 Å². The Balaban J connectivity index is 1.55. The van der Waals surface area contributed by atoms with Gasteiger partial charge in [-0.1, -0.05) is 36.4 Å². The van der Waals surface area contributed by atoms with E-state index in [1.165, 1.54) is 13.3 Å². The molecule has 10 heteroatoms. The van der Waals surface area contributed by atoms with Crippen LogP contribution in [-0.4, -0.2) is 37.7 Å². The van der Waals surface area contributed by atoms with Gasteiger partial charge in [0.05, 0.1) is 16.9 Å². The number of anilines is 1. The van der Waals surface area contributed by atoms with Crippen molar-refractivity contribution in [2.45, 2.75) is 20.4 Å². The predicted octanol–water partition coefficient (Wildman–Crippen LogP) is 3.70. The van der Waals surface area contributed by atoms with E-state index in [4.69, 9.17) is 9.47 Å². The zero-order valence-electron chi connectivity index (χ0n) is 20.6. The average Bonchev–Trinajstić information content (AvgIpc) is 2.89. The fraction of sp³-hybridized carbons (Fsp3) is 0.185. The zero-order valence-corrected chi connectivity index (χ0v) is 22.8. The van der Waals surface area contributed by atoms with Crippen LogP contribution in [0, 0.1) is 17.4 Å². The van der Waals surface area contributed by atoms with Gasteiger partial charge in [-0.2, -0.15) is 5.10 Å². The number of carbonyl (C=O) groups excluding carboxylic acids is 3. The largest absolute Gasteiger partial charge is 0.493 e. The van der Waals surface area contributed by atoms with Crippen molar-refractivity contribution in [3.63, 3.8) is 0 Å². The van der Waals surface area contributed by atoms with Crippen LogP contribution in [-0.2, 0) is 20.9 Å². The lowest BCUT2D eigenvalue weighted by molar-refractivity contribution is -0.139. The highest BCUT2D eigenvalue weighted by Crippen LogP contribution is 2.33. The van der Waals surface area contributed by atoms with Crippen molar-refractivity contribution in [3.8, 4) is 11.5 Å². The SMILES string of the molecule is COc1cc(/C=N\NC(=O)C(=O)NCc2ccccc2)cc(I)c1OCC(=O)Nc1ccc(C)c(C)c1. The number of aryl methyl sites for hydroxylation is 2. The Hall–Kier alpha value is -3.93. The number of hydrogen-bond donors (Lipinski definition) is 3. The Labute approximate surface area is 228 Å². The first-order valence-corrected chi connectivity index (χ1v) is 12.4. The standard InChI is InChI=1S/C27H27IN4O5/c1-17-9-10-21(11-18(17)2)31-24(33)16-37-25-22(28)12-20(13-23(25)36-3)15-30-32-27(35)26(34)29-14-19-7-5-4-6-8-19/h4-13,15H,14,16H2,1-3H3,(H,29,34)(H,31,33)(H,32,35)/b30-15-. The predicted molar refractivity (Wildman–Crippen MR) is 150 cm³/mol. The van der Waals surface area contributed by atoms with Crippen molar-refractivity contribution in [1.29, 1.82) is 0 Å². The number of hydrazone groups is 1. The van der Waals surface area contributed by atoms with Gasteiger partial charge < -0.3 is 20.1 Å². The smallest absolute Gasteiger partial charge is 0.329 e. The summed E-state index contributed by atoms with van der Waals surface area (Å²) in [4.78, 5) is 36.3. The van der Waals surface area contributed by atoms with Crippen LogP contribution in [0.1, 0.15) is 22.3 Å². The maximum absolute atomic E-state index is 12.4. The Morgan fingerprint density at radius 2 is 1.73 bits per heavy atom. The fourth-order valence-corrected chi connectivity index (χ4v) is 3.96. The third kappa shape index (κ3) is 8.31. The number of amides is 3. The Bertz CT molecular complexity index is 1310. The lowest BCUT2D eigenvalue weighted by atomic mass is 10.1. The van der Waals surface area contributed by atoms with Gasteiger partial charge in [0.2, 0.25) is 0 Å². The summed E-state index contributed by atoms with van der Waals surface area (Å²) in [5, 5.41) is 9.19. The molecule has 0 saturated heterocycles. The Kier molecular flexibility index (Phi) is 10.0. The minimum absolute atomic E-state index is 0.207. The molecule has 0 aliphatic rings. The van der Waals surface area contributed by atoms with E-state index in [0.717, 1.165) is 16.7 Å². The molecule has 3 aromatic carbocycles. The molecule has 3 rings (SSSR count). The number of hydrogen-bond acceptors (Lipinski definition) is 6. The summed E-state index contributed by atoms with van der Waals surface area (Å²) in [5.41, 5.74) is 6.59. The Morgan fingerprint density at radius 1 is 0.973 bits per heavy atom. The van der Waals surface area contributed by atoms with Crippen LogP contribution in [0.5, 0.6) is 11.5 Å². The molecule has 3 amide bonds. The lowest BCUT2D eigenvalue weighted by Gasteiger charge is -2.14. The molecule has 0 atom stereocenters. The molecule has 37 heavy (non-hydrogen) atoms. The van der Waals surface area contributed by atoms with Crippen LogP contribution < -0.4 is 25.5 Å². The maximum Gasteiger partial charge on any atom is 0.329 e. The summed E-state index contributed by atoms with van der Waals surface area (Å²) in [6.07, 6.45) is 1.38. The first-order valence-electron chi connectivity index (χ1n) is 11.3. The van der Waals surface area contributed by atoms with Crippen LogP contribution in [0.15, 0.2) is 65.8 Å². The first kappa shape index (κ1) is 27.7. The van der Waals surface area contributed by atoms with Crippen LogP contribution in [0.4, 0.5) is 5.69 Å². The second-order valence-electron chi connectivity index (χ2n) is 8.04. The second-order valence-corrected chi connectivity index (χ2v) is 9.20. The molecule has 3 aromatic rings. The van der Waals surface area contributed by atoms with Crippen molar-refractivity contribution in [1.82, 2.24) is 10.7 Å². The van der Waals surface area contributed by atoms with Crippen LogP contribution in [0.2, 0.25) is 0 Å². The molecule has 0 fully saturated rings. The number of halogens is 1. The van der Waals surface area contributed by atoms with Gasteiger partial charge in [0, 0.05) is 12.2 Å². The molecule has 192 valence electrons. The highest BCUT2D eigenvalue weighted by Gasteiger charge is 2.15. The molecule has 0 radical (unpaired) electrons. The molecule has 3 N–H and O–H groups in total. The third-order valence-electron chi connectivity index (χ3n) is 5.27. The summed E-state index contributed by atoms with van der Waals surface area (Å²) in [5.74, 6) is -1.20. The molecule has 0 aromatic heterocycles. The van der Waals surface area contributed by atoms with Gasteiger partial charge in [-0.25, -0.2) is 5.43 Å². The summed E-state index contributed by atoms with van der Waals surface area (Å²) in [6, 6.07) is 18.3. The summed E-state index contributed by atoms with van der Waals surface area (Å²) < 4.78 is 11.8. The lowest BCUT2D eigenvalue weighted by Crippen LogP contribution is -2.37. The van der Waals surface area contributed by atoms with Gasteiger partial charge in [0.1, 0.15) is 0 Å². The molecule has 0 aliphatic heterocycles. The van der Waals surface area contributed by atoms with Gasteiger partial charge in [-0.15, -0.1) is 0 Å². The van der Waals surface area contributed by atoms with E-state index in [0.29, 0.717) is 26.3 Å². The topological polar surface area (TPSA) is 118 Å².